The summed E-state index contributed by atoms with van der Waals surface area (Å²) < 4.78 is 7.03. The van der Waals surface area contributed by atoms with Crippen LogP contribution in [0.1, 0.15) is 0 Å². The summed E-state index contributed by atoms with van der Waals surface area (Å²) in [7, 11) is 3.39. The molecule has 2 heterocycles. The lowest BCUT2D eigenvalue weighted by atomic mass is 10.0. The predicted molar refractivity (Wildman–Crippen MR) is 82.2 cm³/mol. The van der Waals surface area contributed by atoms with Crippen LogP contribution in [0.5, 0.6) is 5.75 Å². The number of ether oxygens (including phenoxy) is 1. The van der Waals surface area contributed by atoms with Crippen LogP contribution >= 0.6 is 11.6 Å². The third-order valence-electron chi connectivity index (χ3n) is 3.28. The van der Waals surface area contributed by atoms with Gasteiger partial charge in [-0.25, -0.2) is 0 Å². The Kier molecular flexibility index (Phi) is 3.31. The Bertz CT molecular complexity index is 779. The number of nitrogen functional groups attached to an aromatic ring is 1. The molecule has 7 heteroatoms. The molecule has 21 heavy (non-hydrogen) atoms. The van der Waals surface area contributed by atoms with E-state index in [-0.39, 0.29) is 0 Å². The number of hydrogen-bond donors (Lipinski definition) is 2. The SMILES string of the molecule is COc1ccc(Cl)cc1-c1c(-c2ccn[nH]2)nn(C)c1N. The Morgan fingerprint density at radius 3 is 2.81 bits per heavy atom. The normalized spacial score (nSPS) is 10.8. The number of nitrogens with two attached hydrogens (primary N) is 1. The molecule has 3 rings (SSSR count). The van der Waals surface area contributed by atoms with Crippen LogP contribution in [0.15, 0.2) is 30.5 Å². The molecular formula is C14H14ClN5O. The Morgan fingerprint density at radius 2 is 2.14 bits per heavy atom. The number of nitrogens with one attached hydrogen (secondary N) is 1. The minimum absolute atomic E-state index is 0.528. The molecule has 0 aliphatic carbocycles. The summed E-state index contributed by atoms with van der Waals surface area (Å²) in [6, 6.07) is 7.23. The summed E-state index contributed by atoms with van der Waals surface area (Å²) in [6.07, 6.45) is 1.67. The molecule has 3 N–H and O–H groups in total. The van der Waals surface area contributed by atoms with Crippen molar-refractivity contribution in [3.63, 3.8) is 0 Å². The van der Waals surface area contributed by atoms with Crippen LogP contribution < -0.4 is 10.5 Å². The first-order valence-corrected chi connectivity index (χ1v) is 6.65. The largest absolute Gasteiger partial charge is 0.496 e. The van der Waals surface area contributed by atoms with Gasteiger partial charge < -0.3 is 10.5 Å². The van der Waals surface area contributed by atoms with Crippen molar-refractivity contribution in [2.75, 3.05) is 12.8 Å². The van der Waals surface area contributed by atoms with E-state index in [9.17, 15) is 0 Å². The Morgan fingerprint density at radius 1 is 1.33 bits per heavy atom. The fraction of sp³-hybridized carbons (Fsp3) is 0.143. The lowest BCUT2D eigenvalue weighted by Gasteiger charge is -2.10. The molecule has 0 unspecified atom stereocenters. The third kappa shape index (κ3) is 2.23. The van der Waals surface area contributed by atoms with E-state index in [1.54, 1.807) is 37.2 Å². The van der Waals surface area contributed by atoms with E-state index in [1.807, 2.05) is 12.1 Å². The predicted octanol–water partition coefficient (Wildman–Crippen LogP) is 2.72. The van der Waals surface area contributed by atoms with Gasteiger partial charge in [0.1, 0.15) is 17.3 Å². The molecule has 3 aromatic rings. The number of aromatic nitrogens is 4. The van der Waals surface area contributed by atoms with Gasteiger partial charge in [0.05, 0.1) is 18.4 Å². The number of nitrogens with zero attached hydrogens (tertiary/aromatic N) is 3. The number of anilines is 1. The van der Waals surface area contributed by atoms with Gasteiger partial charge >= 0.3 is 0 Å². The number of halogens is 1. The highest BCUT2D eigenvalue weighted by Crippen LogP contribution is 2.41. The van der Waals surface area contributed by atoms with Gasteiger partial charge in [-0.15, -0.1) is 0 Å². The molecule has 2 aromatic heterocycles. The minimum atomic E-state index is 0.528. The highest BCUT2D eigenvalue weighted by molar-refractivity contribution is 6.31. The summed E-state index contributed by atoms with van der Waals surface area (Å²) in [5.74, 6) is 1.21. The number of hydrogen-bond acceptors (Lipinski definition) is 4. The van der Waals surface area contributed by atoms with E-state index >= 15 is 0 Å². The second-order valence-corrected chi connectivity index (χ2v) is 4.98. The quantitative estimate of drug-likeness (QED) is 0.779. The molecule has 0 saturated heterocycles. The number of methoxy groups -OCH3 is 1. The maximum Gasteiger partial charge on any atom is 0.130 e. The van der Waals surface area contributed by atoms with E-state index in [4.69, 9.17) is 22.1 Å². The second kappa shape index (κ2) is 5.14. The standard InChI is InChI=1S/C14H14ClN5O/c1-20-14(16)12(13(19-20)10-5-6-17-18-10)9-7-8(15)3-4-11(9)21-2/h3-7H,16H2,1-2H3,(H,17,18). The van der Waals surface area contributed by atoms with Crippen molar-refractivity contribution in [1.82, 2.24) is 20.0 Å². The van der Waals surface area contributed by atoms with Gasteiger partial charge in [-0.05, 0) is 24.3 Å². The van der Waals surface area contributed by atoms with Crippen molar-refractivity contribution in [1.29, 1.82) is 0 Å². The maximum absolute atomic E-state index is 6.18. The van der Waals surface area contributed by atoms with Crippen LogP contribution in [0.4, 0.5) is 5.82 Å². The van der Waals surface area contributed by atoms with Crippen molar-refractivity contribution in [3.8, 4) is 28.3 Å². The van der Waals surface area contributed by atoms with Gasteiger partial charge in [0.15, 0.2) is 0 Å². The van der Waals surface area contributed by atoms with Gasteiger partial charge in [0.2, 0.25) is 0 Å². The van der Waals surface area contributed by atoms with Crippen molar-refractivity contribution >= 4 is 17.4 Å². The van der Waals surface area contributed by atoms with Gasteiger partial charge in [0, 0.05) is 23.8 Å². The third-order valence-corrected chi connectivity index (χ3v) is 3.51. The monoisotopic (exact) mass is 303 g/mol. The summed E-state index contributed by atoms with van der Waals surface area (Å²) in [5, 5.41) is 11.9. The number of H-pyrrole nitrogens is 1. The first kappa shape index (κ1) is 13.5. The second-order valence-electron chi connectivity index (χ2n) is 4.55. The molecule has 0 bridgehead atoms. The van der Waals surface area contributed by atoms with E-state index in [0.717, 1.165) is 16.8 Å². The molecule has 0 amide bonds. The zero-order chi connectivity index (χ0) is 15.0. The zero-order valence-corrected chi connectivity index (χ0v) is 12.3. The molecule has 0 atom stereocenters. The molecule has 0 spiro atoms. The van der Waals surface area contributed by atoms with Crippen molar-refractivity contribution < 1.29 is 4.74 Å². The Balaban J connectivity index is 2.30. The number of rotatable bonds is 3. The van der Waals surface area contributed by atoms with Crippen molar-refractivity contribution in [2.45, 2.75) is 0 Å². The first-order valence-electron chi connectivity index (χ1n) is 6.28. The maximum atomic E-state index is 6.18. The molecule has 0 aliphatic rings. The summed E-state index contributed by atoms with van der Waals surface area (Å²) >= 11 is 6.12. The van der Waals surface area contributed by atoms with E-state index in [2.05, 4.69) is 15.3 Å². The van der Waals surface area contributed by atoms with Gasteiger partial charge in [-0.3, -0.25) is 9.78 Å². The Labute approximate surface area is 126 Å². The first-order chi connectivity index (χ1) is 10.1. The van der Waals surface area contributed by atoms with Crippen LogP contribution in [-0.4, -0.2) is 27.1 Å². The van der Waals surface area contributed by atoms with Crippen molar-refractivity contribution in [2.24, 2.45) is 7.05 Å². The summed E-state index contributed by atoms with van der Waals surface area (Å²) in [5.41, 5.74) is 9.22. The lowest BCUT2D eigenvalue weighted by Crippen LogP contribution is -1.98. The molecule has 6 nitrogen and oxygen atoms in total. The van der Waals surface area contributed by atoms with Gasteiger partial charge in [0.25, 0.3) is 0 Å². The summed E-state index contributed by atoms with van der Waals surface area (Å²) in [6.45, 7) is 0. The minimum Gasteiger partial charge on any atom is -0.496 e. The molecule has 1 aromatic carbocycles. The molecule has 0 saturated carbocycles. The highest BCUT2D eigenvalue weighted by Gasteiger charge is 2.21. The molecule has 0 aliphatic heterocycles. The lowest BCUT2D eigenvalue weighted by molar-refractivity contribution is 0.416. The summed E-state index contributed by atoms with van der Waals surface area (Å²) in [4.78, 5) is 0. The highest BCUT2D eigenvalue weighted by atomic mass is 35.5. The number of benzene rings is 1. The van der Waals surface area contributed by atoms with Gasteiger partial charge in [-0.1, -0.05) is 11.6 Å². The molecule has 0 fully saturated rings. The smallest absolute Gasteiger partial charge is 0.130 e. The van der Waals surface area contributed by atoms with E-state index in [1.165, 1.54) is 0 Å². The van der Waals surface area contributed by atoms with Crippen LogP contribution in [0, 0.1) is 0 Å². The van der Waals surface area contributed by atoms with Crippen LogP contribution in [0.3, 0.4) is 0 Å². The van der Waals surface area contributed by atoms with Crippen LogP contribution in [0.25, 0.3) is 22.5 Å². The fourth-order valence-electron chi connectivity index (χ4n) is 2.25. The van der Waals surface area contributed by atoms with Crippen LogP contribution in [0.2, 0.25) is 5.02 Å². The average Bonchev–Trinajstić information content (AvgIpc) is 3.08. The van der Waals surface area contributed by atoms with E-state index < -0.39 is 0 Å². The van der Waals surface area contributed by atoms with E-state index in [0.29, 0.717) is 22.3 Å². The van der Waals surface area contributed by atoms with Crippen LogP contribution in [-0.2, 0) is 7.05 Å². The zero-order valence-electron chi connectivity index (χ0n) is 11.6. The molecule has 108 valence electrons. The molecular weight excluding hydrogens is 290 g/mol. The molecule has 0 radical (unpaired) electrons. The topological polar surface area (TPSA) is 81.8 Å². The fourth-order valence-corrected chi connectivity index (χ4v) is 2.43. The average molecular weight is 304 g/mol. The number of aromatic amines is 1. The van der Waals surface area contributed by atoms with Gasteiger partial charge in [-0.2, -0.15) is 10.2 Å². The Hall–Kier alpha value is -2.47. The number of aryl methyl sites for hydroxylation is 1. The van der Waals surface area contributed by atoms with Crippen molar-refractivity contribution in [3.05, 3.63) is 35.5 Å².